The Bertz CT molecular complexity index is 511. The highest BCUT2D eigenvalue weighted by Crippen LogP contribution is 2.57. The second-order valence-corrected chi connectivity index (χ2v) is 14.0. The van der Waals surface area contributed by atoms with Crippen LogP contribution in [0.1, 0.15) is 101 Å². The van der Waals surface area contributed by atoms with Crippen LogP contribution in [0, 0.1) is 10.8 Å². The first-order valence-electron chi connectivity index (χ1n) is 11.0. The molecule has 2 aliphatic rings. The molecule has 0 bridgehead atoms. The molecule has 0 spiro atoms. The fraction of sp³-hybridized carbons (Fsp3) is 1.00. The topological polar surface area (TPSA) is 25.1 Å². The molecule has 7 unspecified atom stereocenters. The van der Waals surface area contributed by atoms with Crippen LogP contribution in [-0.4, -0.2) is 33.9 Å². The van der Waals surface area contributed by atoms with E-state index in [1.54, 1.807) is 0 Å². The van der Waals surface area contributed by atoms with Gasteiger partial charge in [0.25, 0.3) is 0 Å². The molecule has 27 heavy (non-hydrogen) atoms. The number of ether oxygens (including phenoxy) is 2. The average Bonchev–Trinajstić information content (AvgIpc) is 3.51. The van der Waals surface area contributed by atoms with Gasteiger partial charge in [0.2, 0.25) is 0 Å². The smallest absolute Gasteiger partial charge is 0.0892 e. The summed E-state index contributed by atoms with van der Waals surface area (Å²) in [5.41, 5.74) is 0.534. The Labute approximate surface area is 177 Å². The number of hydrogen-bond donors (Lipinski definition) is 0. The van der Waals surface area contributed by atoms with Gasteiger partial charge in [-0.15, -0.1) is 0 Å². The van der Waals surface area contributed by atoms with Gasteiger partial charge in [-0.25, -0.2) is 0 Å². The molecule has 0 aliphatic carbocycles. The van der Waals surface area contributed by atoms with E-state index >= 15 is 0 Å². The average molecular weight is 417 g/mol. The van der Waals surface area contributed by atoms with Crippen molar-refractivity contribution in [3.05, 3.63) is 0 Å². The summed E-state index contributed by atoms with van der Waals surface area (Å²) < 4.78 is 12.3. The maximum atomic E-state index is 5.91. The molecule has 0 N–H and O–H groups in total. The van der Waals surface area contributed by atoms with Crippen molar-refractivity contribution >= 4 is 21.6 Å². The van der Waals surface area contributed by atoms with Crippen LogP contribution in [0.5, 0.6) is 0 Å². The van der Waals surface area contributed by atoms with Gasteiger partial charge in [0, 0.05) is 9.49 Å². The zero-order valence-corrected chi connectivity index (χ0v) is 21.1. The molecule has 0 aromatic rings. The summed E-state index contributed by atoms with van der Waals surface area (Å²) in [6.07, 6.45) is 7.78. The summed E-state index contributed by atoms with van der Waals surface area (Å²) in [5, 5.41) is 0. The van der Waals surface area contributed by atoms with Crippen LogP contribution in [0.4, 0.5) is 0 Å². The molecule has 0 aromatic heterocycles. The standard InChI is InChI=1S/C23H44O2S2/c1-11-21(8,19-17(5)25-19)15-23(10,13-3)27-26-22(9,12-2)14-20(6,7)18-16(4)24-18/h16-19H,11-15H2,1-10H3. The lowest BCUT2D eigenvalue weighted by Gasteiger charge is -2.41. The van der Waals surface area contributed by atoms with Crippen LogP contribution in [-0.2, 0) is 9.47 Å². The van der Waals surface area contributed by atoms with Crippen LogP contribution in [0.3, 0.4) is 0 Å². The Hall–Kier alpha value is 0.620. The van der Waals surface area contributed by atoms with Gasteiger partial charge in [-0.2, -0.15) is 0 Å². The predicted octanol–water partition coefficient (Wildman–Crippen LogP) is 7.50. The molecular weight excluding hydrogens is 372 g/mol. The molecule has 2 aliphatic heterocycles. The second kappa shape index (κ2) is 8.40. The molecule has 2 fully saturated rings. The minimum Gasteiger partial charge on any atom is -0.369 e. The Morgan fingerprint density at radius 3 is 1.41 bits per heavy atom. The lowest BCUT2D eigenvalue weighted by molar-refractivity contribution is 0.177. The van der Waals surface area contributed by atoms with E-state index in [0.29, 0.717) is 24.4 Å². The zero-order chi connectivity index (χ0) is 20.7. The number of hydrogen-bond acceptors (Lipinski definition) is 4. The Kier molecular flexibility index (Phi) is 7.43. The van der Waals surface area contributed by atoms with Crippen LogP contribution in [0.15, 0.2) is 0 Å². The molecular formula is C23H44O2S2. The van der Waals surface area contributed by atoms with E-state index in [1.165, 1.54) is 32.1 Å². The molecule has 2 saturated heterocycles. The van der Waals surface area contributed by atoms with Crippen molar-refractivity contribution in [2.45, 2.75) is 135 Å². The first-order valence-corrected chi connectivity index (χ1v) is 13.2. The Morgan fingerprint density at radius 2 is 1.07 bits per heavy atom. The lowest BCUT2D eigenvalue weighted by atomic mass is 9.74. The van der Waals surface area contributed by atoms with Gasteiger partial charge in [-0.1, -0.05) is 63.1 Å². The van der Waals surface area contributed by atoms with Gasteiger partial charge in [-0.3, -0.25) is 0 Å². The maximum absolute atomic E-state index is 5.91. The minimum atomic E-state index is 0.246. The predicted molar refractivity (Wildman–Crippen MR) is 123 cm³/mol. The molecule has 0 amide bonds. The van der Waals surface area contributed by atoms with Gasteiger partial charge in [-0.05, 0) is 70.6 Å². The van der Waals surface area contributed by atoms with E-state index in [1.807, 2.05) is 0 Å². The lowest BCUT2D eigenvalue weighted by Crippen LogP contribution is -2.35. The van der Waals surface area contributed by atoms with Crippen LogP contribution in [0.2, 0.25) is 0 Å². The molecule has 2 heterocycles. The van der Waals surface area contributed by atoms with E-state index in [0.717, 1.165) is 0 Å². The van der Waals surface area contributed by atoms with Crippen LogP contribution < -0.4 is 0 Å². The van der Waals surface area contributed by atoms with Crippen molar-refractivity contribution in [2.24, 2.45) is 10.8 Å². The van der Waals surface area contributed by atoms with Crippen molar-refractivity contribution in [3.63, 3.8) is 0 Å². The van der Waals surface area contributed by atoms with E-state index in [4.69, 9.17) is 9.47 Å². The SMILES string of the molecule is CCC(C)(CC(C)(C)C1OC1C)SSC(C)(CC)CC(C)(CC)C1OC1C. The van der Waals surface area contributed by atoms with Gasteiger partial charge in [0.05, 0.1) is 24.4 Å². The first-order chi connectivity index (χ1) is 12.3. The number of rotatable bonds is 12. The van der Waals surface area contributed by atoms with Gasteiger partial charge in [0.15, 0.2) is 0 Å². The molecule has 2 rings (SSSR count). The Morgan fingerprint density at radius 1 is 0.667 bits per heavy atom. The quantitative estimate of drug-likeness (QED) is 0.243. The summed E-state index contributed by atoms with van der Waals surface area (Å²) in [5.74, 6) is 0. The molecule has 0 radical (unpaired) electrons. The molecule has 2 nitrogen and oxygen atoms in total. The second-order valence-electron chi connectivity index (χ2n) is 10.6. The highest BCUT2D eigenvalue weighted by molar-refractivity contribution is 8.77. The van der Waals surface area contributed by atoms with E-state index in [9.17, 15) is 0 Å². The molecule has 0 saturated carbocycles. The largest absolute Gasteiger partial charge is 0.369 e. The van der Waals surface area contributed by atoms with Gasteiger partial charge < -0.3 is 9.47 Å². The highest BCUT2D eigenvalue weighted by atomic mass is 33.1. The van der Waals surface area contributed by atoms with Gasteiger partial charge >= 0.3 is 0 Å². The Balaban J connectivity index is 2.01. The fourth-order valence-electron chi connectivity index (χ4n) is 4.90. The third-order valence-electron chi connectivity index (χ3n) is 7.23. The first kappa shape index (κ1) is 23.9. The van der Waals surface area contributed by atoms with Gasteiger partial charge in [0.1, 0.15) is 0 Å². The van der Waals surface area contributed by atoms with E-state index < -0.39 is 0 Å². The summed E-state index contributed by atoms with van der Waals surface area (Å²) >= 11 is 0. The molecule has 0 aromatic carbocycles. The maximum Gasteiger partial charge on any atom is 0.0892 e. The van der Waals surface area contributed by atoms with Crippen LogP contribution in [0.25, 0.3) is 0 Å². The summed E-state index contributed by atoms with van der Waals surface area (Å²) in [6.45, 7) is 23.6. The zero-order valence-electron chi connectivity index (χ0n) is 19.5. The highest BCUT2D eigenvalue weighted by Gasteiger charge is 2.52. The van der Waals surface area contributed by atoms with E-state index in [2.05, 4.69) is 90.8 Å². The van der Waals surface area contributed by atoms with Crippen molar-refractivity contribution in [3.8, 4) is 0 Å². The van der Waals surface area contributed by atoms with Crippen molar-refractivity contribution in [1.82, 2.24) is 0 Å². The molecule has 160 valence electrons. The summed E-state index contributed by atoms with van der Waals surface area (Å²) in [7, 11) is 4.27. The summed E-state index contributed by atoms with van der Waals surface area (Å²) in [6, 6.07) is 0. The molecule has 4 heteroatoms. The van der Waals surface area contributed by atoms with Crippen molar-refractivity contribution < 1.29 is 9.47 Å². The van der Waals surface area contributed by atoms with Crippen LogP contribution >= 0.6 is 21.6 Å². The van der Waals surface area contributed by atoms with E-state index in [-0.39, 0.29) is 20.3 Å². The monoisotopic (exact) mass is 416 g/mol. The third-order valence-corrected chi connectivity index (χ3v) is 11.7. The third kappa shape index (κ3) is 5.83. The normalized spacial score (nSPS) is 34.4. The van der Waals surface area contributed by atoms with Crippen molar-refractivity contribution in [1.29, 1.82) is 0 Å². The van der Waals surface area contributed by atoms with Crippen molar-refractivity contribution in [2.75, 3.05) is 0 Å². The minimum absolute atomic E-state index is 0.246. The fourth-order valence-corrected chi connectivity index (χ4v) is 8.62. The summed E-state index contributed by atoms with van der Waals surface area (Å²) in [4.78, 5) is 0. The number of epoxide rings is 2. The molecule has 7 atom stereocenters.